The first kappa shape index (κ1) is 23.6. The molecule has 0 radical (unpaired) electrons. The highest BCUT2D eigenvalue weighted by atomic mass is 17.0. The molecule has 0 bridgehead atoms. The number of carbonyl (C=O) groups excluding carboxylic acids is 4. The summed E-state index contributed by atoms with van der Waals surface area (Å²) in [7, 11) is 1.16. The molecule has 0 spiro atoms. The van der Waals surface area contributed by atoms with Gasteiger partial charge in [-0.15, -0.1) is 0 Å². The fraction of sp³-hybridized carbons (Fsp3) is 0.632. The van der Waals surface area contributed by atoms with Gasteiger partial charge in [0.2, 0.25) is 0 Å². The minimum Gasteiger partial charge on any atom is -0.467 e. The molecule has 0 aliphatic carbocycles. The Morgan fingerprint density at radius 1 is 1.06 bits per heavy atom. The first-order valence-electron chi connectivity index (χ1n) is 10.0. The minimum absolute atomic E-state index is 0.0114. The van der Waals surface area contributed by atoms with E-state index >= 15 is 0 Å². The third kappa shape index (κ3) is 3.82. The lowest BCUT2D eigenvalue weighted by molar-refractivity contribution is -0.362. The van der Waals surface area contributed by atoms with Gasteiger partial charge in [-0.2, -0.15) is 0 Å². The van der Waals surface area contributed by atoms with E-state index in [1.165, 1.54) is 0 Å². The molecule has 176 valence electrons. The van der Waals surface area contributed by atoms with E-state index in [4.69, 9.17) is 33.1 Å². The predicted molar refractivity (Wildman–Crippen MR) is 99.4 cm³/mol. The van der Waals surface area contributed by atoms with Crippen LogP contribution in [0.3, 0.4) is 0 Å². The van der Waals surface area contributed by atoms with Crippen molar-refractivity contribution in [2.75, 3.05) is 26.9 Å². The molecule has 1 aromatic heterocycles. The summed E-state index contributed by atoms with van der Waals surface area (Å²) >= 11 is 0. The van der Waals surface area contributed by atoms with Crippen molar-refractivity contribution in [2.24, 2.45) is 0 Å². The SMILES string of the molecule is CCOC(=O)c1nocc1C1C(C(=O)OCC)ON2OC(C(=O)OC)CC12C(=O)OCC. The molecule has 32 heavy (non-hydrogen) atoms. The van der Waals surface area contributed by atoms with Gasteiger partial charge in [0, 0.05) is 12.0 Å². The van der Waals surface area contributed by atoms with Crippen molar-refractivity contribution in [2.45, 2.75) is 50.9 Å². The molecular weight excluding hydrogens is 432 g/mol. The average Bonchev–Trinajstić information content (AvgIpc) is 3.45. The van der Waals surface area contributed by atoms with Crippen molar-refractivity contribution in [3.8, 4) is 0 Å². The second-order valence-corrected chi connectivity index (χ2v) is 6.82. The number of aromatic nitrogens is 1. The molecule has 0 saturated carbocycles. The molecule has 2 saturated heterocycles. The summed E-state index contributed by atoms with van der Waals surface area (Å²) in [6, 6.07) is 0. The third-order valence-electron chi connectivity index (χ3n) is 5.08. The van der Waals surface area contributed by atoms with Crippen LogP contribution >= 0.6 is 0 Å². The van der Waals surface area contributed by atoms with Crippen LogP contribution < -0.4 is 0 Å². The third-order valence-corrected chi connectivity index (χ3v) is 5.08. The van der Waals surface area contributed by atoms with Crippen LogP contribution in [-0.4, -0.2) is 78.9 Å². The zero-order valence-corrected chi connectivity index (χ0v) is 18.0. The monoisotopic (exact) mass is 456 g/mol. The fourth-order valence-electron chi connectivity index (χ4n) is 3.82. The van der Waals surface area contributed by atoms with Crippen LogP contribution in [0.4, 0.5) is 0 Å². The average molecular weight is 456 g/mol. The first-order chi connectivity index (χ1) is 15.3. The summed E-state index contributed by atoms with van der Waals surface area (Å²) in [6.45, 7) is 4.85. The Kier molecular flexibility index (Phi) is 7.11. The molecule has 3 rings (SSSR count). The molecular formula is C19H24N2O11. The number of fused-ring (bicyclic) bond motifs is 1. The van der Waals surface area contributed by atoms with Gasteiger partial charge in [0.1, 0.15) is 6.26 Å². The summed E-state index contributed by atoms with van der Waals surface area (Å²) in [5.74, 6) is -4.53. The Balaban J connectivity index is 2.16. The highest BCUT2D eigenvalue weighted by molar-refractivity contribution is 5.92. The number of nitrogens with zero attached hydrogens (tertiary/aromatic N) is 2. The number of methoxy groups -OCH3 is 1. The van der Waals surface area contributed by atoms with Crippen molar-refractivity contribution < 1.29 is 52.3 Å². The highest BCUT2D eigenvalue weighted by Crippen LogP contribution is 2.53. The summed E-state index contributed by atoms with van der Waals surface area (Å²) < 4.78 is 25.0. The van der Waals surface area contributed by atoms with Crippen molar-refractivity contribution in [1.29, 1.82) is 0 Å². The van der Waals surface area contributed by atoms with E-state index in [0.29, 0.717) is 0 Å². The van der Waals surface area contributed by atoms with Gasteiger partial charge in [0.05, 0.1) is 32.8 Å². The van der Waals surface area contributed by atoms with Gasteiger partial charge in [-0.25, -0.2) is 19.2 Å². The van der Waals surface area contributed by atoms with Gasteiger partial charge < -0.3 is 23.5 Å². The van der Waals surface area contributed by atoms with Crippen LogP contribution in [0.5, 0.6) is 0 Å². The van der Waals surface area contributed by atoms with Crippen molar-refractivity contribution in [1.82, 2.24) is 10.4 Å². The quantitative estimate of drug-likeness (QED) is 0.389. The van der Waals surface area contributed by atoms with Gasteiger partial charge in [0.15, 0.2) is 23.4 Å². The summed E-state index contributed by atoms with van der Waals surface area (Å²) in [4.78, 5) is 61.7. The summed E-state index contributed by atoms with van der Waals surface area (Å²) in [5.41, 5.74) is -2.08. The number of hydrogen-bond donors (Lipinski definition) is 0. The van der Waals surface area contributed by atoms with Crippen molar-refractivity contribution >= 4 is 23.9 Å². The molecule has 4 unspecified atom stereocenters. The van der Waals surface area contributed by atoms with Crippen LogP contribution in [0.2, 0.25) is 0 Å². The van der Waals surface area contributed by atoms with Gasteiger partial charge in [-0.1, -0.05) is 5.16 Å². The second-order valence-electron chi connectivity index (χ2n) is 6.82. The van der Waals surface area contributed by atoms with E-state index in [1.54, 1.807) is 20.8 Å². The Bertz CT molecular complexity index is 884. The minimum atomic E-state index is -1.85. The Morgan fingerprint density at radius 2 is 1.75 bits per heavy atom. The molecule has 2 aliphatic heterocycles. The summed E-state index contributed by atoms with van der Waals surface area (Å²) in [6.07, 6.45) is -1.87. The van der Waals surface area contributed by atoms with E-state index < -0.39 is 47.5 Å². The lowest BCUT2D eigenvalue weighted by atomic mass is 9.74. The molecule has 0 amide bonds. The predicted octanol–water partition coefficient (Wildman–Crippen LogP) is 0.293. The highest BCUT2D eigenvalue weighted by Gasteiger charge is 2.71. The van der Waals surface area contributed by atoms with Crippen LogP contribution in [0, 0.1) is 0 Å². The number of carbonyl (C=O) groups is 4. The second kappa shape index (κ2) is 9.63. The standard InChI is InChI=1S/C19H24N2O11/c1-5-27-16(23)13-10(9-30-20-13)12-14(17(24)28-6-2)32-21-19(12,18(25)29-7-3)8-11(31-21)15(22)26-4/h9,11-12,14H,5-8H2,1-4H3. The number of rotatable bonds is 8. The molecule has 3 heterocycles. The van der Waals surface area contributed by atoms with Crippen LogP contribution in [0.15, 0.2) is 10.8 Å². The van der Waals surface area contributed by atoms with E-state index in [2.05, 4.69) is 5.16 Å². The van der Waals surface area contributed by atoms with Gasteiger partial charge in [-0.3, -0.25) is 9.68 Å². The maximum atomic E-state index is 13.2. The normalized spacial score (nSPS) is 26.9. The zero-order valence-electron chi connectivity index (χ0n) is 18.0. The molecule has 1 aromatic rings. The largest absolute Gasteiger partial charge is 0.467 e. The molecule has 13 heteroatoms. The van der Waals surface area contributed by atoms with E-state index in [9.17, 15) is 19.2 Å². The Hall–Kier alpha value is -3.03. The number of ether oxygens (including phenoxy) is 4. The van der Waals surface area contributed by atoms with Gasteiger partial charge in [0.25, 0.3) is 0 Å². The topological polar surface area (TPSA) is 153 Å². The number of esters is 4. The molecule has 2 fully saturated rings. The van der Waals surface area contributed by atoms with E-state index in [0.717, 1.165) is 18.6 Å². The first-order valence-corrected chi connectivity index (χ1v) is 10.0. The zero-order chi connectivity index (χ0) is 23.5. The molecule has 2 aliphatic rings. The summed E-state index contributed by atoms with van der Waals surface area (Å²) in [5, 5.41) is 4.43. The maximum absolute atomic E-state index is 13.2. The molecule has 0 N–H and O–H groups in total. The number of hydroxylamine groups is 2. The van der Waals surface area contributed by atoms with Crippen LogP contribution in [0.1, 0.15) is 49.2 Å². The van der Waals surface area contributed by atoms with E-state index in [1.807, 2.05) is 0 Å². The Labute approximate surface area is 182 Å². The van der Waals surface area contributed by atoms with E-state index in [-0.39, 0.29) is 37.5 Å². The van der Waals surface area contributed by atoms with Crippen LogP contribution in [-0.2, 0) is 43.0 Å². The van der Waals surface area contributed by atoms with Gasteiger partial charge >= 0.3 is 23.9 Å². The maximum Gasteiger partial charge on any atom is 0.360 e. The Morgan fingerprint density at radius 3 is 2.38 bits per heavy atom. The van der Waals surface area contributed by atoms with Crippen LogP contribution in [0.25, 0.3) is 0 Å². The molecule has 0 aromatic carbocycles. The smallest absolute Gasteiger partial charge is 0.360 e. The van der Waals surface area contributed by atoms with Crippen molar-refractivity contribution in [3.05, 3.63) is 17.5 Å². The van der Waals surface area contributed by atoms with Gasteiger partial charge in [-0.05, 0) is 26.0 Å². The molecule has 4 atom stereocenters. The lowest BCUT2D eigenvalue weighted by Gasteiger charge is -2.29. The number of hydrogen-bond acceptors (Lipinski definition) is 13. The molecule has 13 nitrogen and oxygen atoms in total. The van der Waals surface area contributed by atoms with Crippen molar-refractivity contribution in [3.63, 3.8) is 0 Å². The fourth-order valence-corrected chi connectivity index (χ4v) is 3.82. The lowest BCUT2D eigenvalue weighted by Crippen LogP contribution is -2.51.